The first-order chi connectivity index (χ1) is 15.5. The van der Waals surface area contributed by atoms with E-state index in [1.54, 1.807) is 11.0 Å². The molecule has 32 heavy (non-hydrogen) atoms. The number of urea groups is 1. The third kappa shape index (κ3) is 4.83. The molecule has 11 heteroatoms. The Hall–Kier alpha value is -3.60. The van der Waals surface area contributed by atoms with E-state index < -0.39 is 11.6 Å². The van der Waals surface area contributed by atoms with Crippen molar-refractivity contribution < 1.29 is 18.3 Å². The molecular formula is C21H23F2N7O2. The van der Waals surface area contributed by atoms with Gasteiger partial charge in [-0.1, -0.05) is 12.1 Å². The van der Waals surface area contributed by atoms with Crippen molar-refractivity contribution in [1.29, 1.82) is 0 Å². The van der Waals surface area contributed by atoms with Gasteiger partial charge in [0.1, 0.15) is 5.75 Å². The number of nitrogens with one attached hydrogen (secondary N) is 1. The summed E-state index contributed by atoms with van der Waals surface area (Å²) < 4.78 is 33.7. The summed E-state index contributed by atoms with van der Waals surface area (Å²) in [5.41, 5.74) is 0.974. The number of halogens is 2. The fourth-order valence-electron chi connectivity index (χ4n) is 3.48. The predicted octanol–water partition coefficient (Wildman–Crippen LogP) is 2.69. The second-order valence-electron chi connectivity index (χ2n) is 7.23. The standard InChI is InChI=1S/C21H23F2N7O2/c1-2-32-19-6-4-3-5-18(19)24-21(31)29-11-9-28(10-12-29)14-20-25-26-27-30(20)15-7-8-16(22)17(23)13-15/h3-8,13H,2,9-12,14H2,1H3,(H,24,31). The van der Waals surface area contributed by atoms with Gasteiger partial charge in [-0.3, -0.25) is 4.90 Å². The molecule has 2 amide bonds. The average Bonchev–Trinajstić information content (AvgIpc) is 3.26. The van der Waals surface area contributed by atoms with Gasteiger partial charge in [0.25, 0.3) is 0 Å². The van der Waals surface area contributed by atoms with Crippen molar-refractivity contribution in [2.24, 2.45) is 0 Å². The Morgan fingerprint density at radius 1 is 1.09 bits per heavy atom. The molecule has 0 bridgehead atoms. The second-order valence-corrected chi connectivity index (χ2v) is 7.23. The topological polar surface area (TPSA) is 88.4 Å². The van der Waals surface area contributed by atoms with Crippen molar-refractivity contribution >= 4 is 11.7 Å². The number of nitrogens with zero attached hydrogens (tertiary/aromatic N) is 6. The van der Waals surface area contributed by atoms with Gasteiger partial charge < -0.3 is 15.0 Å². The van der Waals surface area contributed by atoms with Crippen LogP contribution in [0, 0.1) is 11.6 Å². The third-order valence-electron chi connectivity index (χ3n) is 5.13. The summed E-state index contributed by atoms with van der Waals surface area (Å²) in [5, 5.41) is 14.5. The number of para-hydroxylation sites is 2. The normalized spacial score (nSPS) is 14.4. The van der Waals surface area contributed by atoms with Gasteiger partial charge in [-0.2, -0.15) is 4.68 Å². The number of aromatic nitrogens is 4. The molecule has 0 aliphatic carbocycles. The van der Waals surface area contributed by atoms with Gasteiger partial charge >= 0.3 is 6.03 Å². The first-order valence-corrected chi connectivity index (χ1v) is 10.3. The minimum Gasteiger partial charge on any atom is -0.492 e. The molecule has 1 saturated heterocycles. The van der Waals surface area contributed by atoms with Gasteiger partial charge in [0.15, 0.2) is 17.5 Å². The Labute approximate surface area is 183 Å². The summed E-state index contributed by atoms with van der Waals surface area (Å²) in [6, 6.07) is 10.6. The Morgan fingerprint density at radius 2 is 1.88 bits per heavy atom. The van der Waals surface area contributed by atoms with E-state index in [0.29, 0.717) is 62.3 Å². The van der Waals surface area contributed by atoms with E-state index in [4.69, 9.17) is 4.74 Å². The number of benzene rings is 2. The zero-order valence-electron chi connectivity index (χ0n) is 17.5. The van der Waals surface area contributed by atoms with E-state index in [1.807, 2.05) is 25.1 Å². The van der Waals surface area contributed by atoms with Crippen LogP contribution < -0.4 is 10.1 Å². The number of ether oxygens (including phenoxy) is 1. The molecule has 4 rings (SSSR count). The maximum atomic E-state index is 13.6. The molecule has 0 saturated carbocycles. The van der Waals surface area contributed by atoms with Gasteiger partial charge in [0.2, 0.25) is 0 Å². The lowest BCUT2D eigenvalue weighted by Gasteiger charge is -2.34. The maximum absolute atomic E-state index is 13.6. The molecule has 2 aromatic carbocycles. The summed E-state index contributed by atoms with van der Waals surface area (Å²) in [4.78, 5) is 16.5. The van der Waals surface area contributed by atoms with Gasteiger partial charge in [-0.05, 0) is 41.6 Å². The summed E-state index contributed by atoms with van der Waals surface area (Å²) in [7, 11) is 0. The minimum atomic E-state index is -0.963. The summed E-state index contributed by atoms with van der Waals surface area (Å²) in [6.45, 7) is 5.09. The average molecular weight is 443 g/mol. The van der Waals surface area contributed by atoms with Gasteiger partial charge in [-0.15, -0.1) is 5.10 Å². The molecule has 1 fully saturated rings. The van der Waals surface area contributed by atoms with Crippen LogP contribution in [0.2, 0.25) is 0 Å². The highest BCUT2D eigenvalue weighted by molar-refractivity contribution is 5.91. The van der Waals surface area contributed by atoms with Crippen LogP contribution in [0.4, 0.5) is 19.3 Å². The number of hydrogen-bond acceptors (Lipinski definition) is 6. The van der Waals surface area contributed by atoms with Crippen LogP contribution in [-0.4, -0.2) is 68.8 Å². The van der Waals surface area contributed by atoms with Crippen LogP contribution in [0.15, 0.2) is 42.5 Å². The number of hydrogen-bond donors (Lipinski definition) is 1. The van der Waals surface area contributed by atoms with Crippen molar-refractivity contribution in [2.45, 2.75) is 13.5 Å². The highest BCUT2D eigenvalue weighted by Crippen LogP contribution is 2.24. The van der Waals surface area contributed by atoms with Crippen LogP contribution in [0.1, 0.15) is 12.7 Å². The molecule has 0 unspecified atom stereocenters. The third-order valence-corrected chi connectivity index (χ3v) is 5.13. The second kappa shape index (κ2) is 9.69. The molecule has 2 heterocycles. The Bertz CT molecular complexity index is 1080. The zero-order valence-corrected chi connectivity index (χ0v) is 17.5. The fourth-order valence-corrected chi connectivity index (χ4v) is 3.48. The van der Waals surface area contributed by atoms with Crippen molar-refractivity contribution in [2.75, 3.05) is 38.1 Å². The van der Waals surface area contributed by atoms with E-state index >= 15 is 0 Å². The number of rotatable bonds is 6. The van der Waals surface area contributed by atoms with Gasteiger partial charge in [0, 0.05) is 32.2 Å². The largest absolute Gasteiger partial charge is 0.492 e. The summed E-state index contributed by atoms with van der Waals surface area (Å²) >= 11 is 0. The first kappa shape index (κ1) is 21.6. The van der Waals surface area contributed by atoms with Crippen molar-refractivity contribution in [3.8, 4) is 11.4 Å². The molecule has 0 atom stereocenters. The molecule has 1 N–H and O–H groups in total. The van der Waals surface area contributed by atoms with Crippen LogP contribution in [-0.2, 0) is 6.54 Å². The SMILES string of the molecule is CCOc1ccccc1NC(=O)N1CCN(Cc2nnnn2-c2ccc(F)c(F)c2)CC1. The van der Waals surface area contributed by atoms with E-state index in [2.05, 4.69) is 25.7 Å². The minimum absolute atomic E-state index is 0.191. The smallest absolute Gasteiger partial charge is 0.322 e. The molecule has 1 aliphatic heterocycles. The summed E-state index contributed by atoms with van der Waals surface area (Å²) in [6.07, 6.45) is 0. The number of carbonyl (C=O) groups excluding carboxylic acids is 1. The molecule has 1 aliphatic rings. The summed E-state index contributed by atoms with van der Waals surface area (Å²) in [5.74, 6) is -0.762. The lowest BCUT2D eigenvalue weighted by atomic mass is 10.3. The molecule has 9 nitrogen and oxygen atoms in total. The molecule has 168 valence electrons. The van der Waals surface area contributed by atoms with Gasteiger partial charge in [-0.25, -0.2) is 13.6 Å². The Morgan fingerprint density at radius 3 is 2.62 bits per heavy atom. The Kier molecular flexibility index (Phi) is 6.55. The monoisotopic (exact) mass is 443 g/mol. The van der Waals surface area contributed by atoms with Gasteiger partial charge in [0.05, 0.1) is 24.5 Å². The lowest BCUT2D eigenvalue weighted by Crippen LogP contribution is -2.49. The number of amides is 2. The van der Waals surface area contributed by atoms with Crippen molar-refractivity contribution in [3.63, 3.8) is 0 Å². The number of anilines is 1. The van der Waals surface area contributed by atoms with E-state index in [1.165, 1.54) is 10.7 Å². The van der Waals surface area contributed by atoms with Crippen molar-refractivity contribution in [1.82, 2.24) is 30.0 Å². The number of tetrazole rings is 1. The maximum Gasteiger partial charge on any atom is 0.322 e. The predicted molar refractivity (Wildman–Crippen MR) is 113 cm³/mol. The fraction of sp³-hybridized carbons (Fsp3) is 0.333. The molecule has 0 radical (unpaired) electrons. The first-order valence-electron chi connectivity index (χ1n) is 10.3. The lowest BCUT2D eigenvalue weighted by molar-refractivity contribution is 0.140. The van der Waals surface area contributed by atoms with E-state index in [9.17, 15) is 13.6 Å². The highest BCUT2D eigenvalue weighted by atomic mass is 19.2. The Balaban J connectivity index is 1.35. The number of carbonyl (C=O) groups is 1. The van der Waals surface area contributed by atoms with Crippen molar-refractivity contribution in [3.05, 3.63) is 59.9 Å². The molecule has 0 spiro atoms. The zero-order chi connectivity index (χ0) is 22.5. The number of piperazine rings is 1. The molecule has 1 aromatic heterocycles. The van der Waals surface area contributed by atoms with Crippen LogP contribution in [0.3, 0.4) is 0 Å². The quantitative estimate of drug-likeness (QED) is 0.630. The van der Waals surface area contributed by atoms with E-state index in [0.717, 1.165) is 12.1 Å². The molecule has 3 aromatic rings. The highest BCUT2D eigenvalue weighted by Gasteiger charge is 2.23. The molecular weight excluding hydrogens is 420 g/mol. The van der Waals surface area contributed by atoms with Crippen LogP contribution >= 0.6 is 0 Å². The van der Waals surface area contributed by atoms with Crippen LogP contribution in [0.5, 0.6) is 5.75 Å². The van der Waals surface area contributed by atoms with Crippen LogP contribution in [0.25, 0.3) is 5.69 Å². The van der Waals surface area contributed by atoms with E-state index in [-0.39, 0.29) is 6.03 Å².